The highest BCUT2D eigenvalue weighted by molar-refractivity contribution is 6.10. The lowest BCUT2D eigenvalue weighted by Crippen LogP contribution is -2.23. The predicted molar refractivity (Wildman–Crippen MR) is 86.3 cm³/mol. The number of nitrogens with one attached hydrogen (secondary N) is 2. The zero-order valence-corrected chi connectivity index (χ0v) is 12.9. The van der Waals surface area contributed by atoms with Crippen molar-refractivity contribution in [1.82, 2.24) is 10.2 Å². The van der Waals surface area contributed by atoms with Gasteiger partial charge in [0.25, 0.3) is 0 Å². The van der Waals surface area contributed by atoms with Gasteiger partial charge in [-0.2, -0.15) is 5.26 Å². The van der Waals surface area contributed by atoms with E-state index >= 15 is 0 Å². The molecule has 1 atom stereocenters. The van der Waals surface area contributed by atoms with E-state index in [1.54, 1.807) is 0 Å². The van der Waals surface area contributed by atoms with Crippen LogP contribution in [-0.2, 0) is 0 Å². The maximum Gasteiger partial charge on any atom is 0.0991 e. The summed E-state index contributed by atoms with van der Waals surface area (Å²) in [7, 11) is 4.17. The van der Waals surface area contributed by atoms with Crippen LogP contribution in [0.3, 0.4) is 0 Å². The van der Waals surface area contributed by atoms with E-state index in [4.69, 9.17) is 10.7 Å². The van der Waals surface area contributed by atoms with Crippen molar-refractivity contribution >= 4 is 11.8 Å². The van der Waals surface area contributed by atoms with Crippen molar-refractivity contribution < 1.29 is 0 Å². The van der Waals surface area contributed by atoms with E-state index in [0.717, 1.165) is 41.9 Å². The summed E-state index contributed by atoms with van der Waals surface area (Å²) in [6.07, 6.45) is 2.40. The number of rotatable bonds is 4. The lowest BCUT2D eigenvalue weighted by molar-refractivity contribution is 0.340. The molecule has 0 bridgehead atoms. The largest absolute Gasteiger partial charge is 0.387 e. The van der Waals surface area contributed by atoms with Crippen molar-refractivity contribution in [2.24, 2.45) is 5.92 Å². The third kappa shape index (κ3) is 3.50. The first kappa shape index (κ1) is 15.3. The van der Waals surface area contributed by atoms with Gasteiger partial charge in [0, 0.05) is 30.6 Å². The van der Waals surface area contributed by atoms with Crippen LogP contribution >= 0.6 is 0 Å². The van der Waals surface area contributed by atoms with E-state index in [-0.39, 0.29) is 0 Å². The van der Waals surface area contributed by atoms with Crippen molar-refractivity contribution in [3.8, 4) is 6.07 Å². The molecule has 0 amide bonds. The molecule has 1 aliphatic heterocycles. The highest BCUT2D eigenvalue weighted by Gasteiger charge is 2.22. The predicted octanol–water partition coefficient (Wildman–Crippen LogP) is 2.40. The standard InChI is InChI=1S/C17H22N4/c1-12-6-13(8-18)4-5-15(12)16(9-19)17-7-14(10-20-17)11-21(2)3/h4-6,9,14,19-20H,7,10-11H2,1-3H3/b17-16+,19-9?. The van der Waals surface area contributed by atoms with E-state index in [2.05, 4.69) is 30.4 Å². The Labute approximate surface area is 126 Å². The van der Waals surface area contributed by atoms with Gasteiger partial charge in [0.1, 0.15) is 0 Å². The molecule has 0 aliphatic carbocycles. The number of nitriles is 1. The summed E-state index contributed by atoms with van der Waals surface area (Å²) in [5, 5.41) is 20.2. The lowest BCUT2D eigenvalue weighted by Gasteiger charge is -2.14. The van der Waals surface area contributed by atoms with Gasteiger partial charge in [-0.25, -0.2) is 0 Å². The molecule has 1 heterocycles. The fourth-order valence-corrected chi connectivity index (χ4v) is 2.91. The van der Waals surface area contributed by atoms with Gasteiger partial charge in [0.05, 0.1) is 11.6 Å². The second kappa shape index (κ2) is 6.55. The summed E-state index contributed by atoms with van der Waals surface area (Å²) in [5.41, 5.74) is 4.83. The zero-order chi connectivity index (χ0) is 15.4. The minimum Gasteiger partial charge on any atom is -0.387 e. The molecule has 0 spiro atoms. The first-order valence-electron chi connectivity index (χ1n) is 7.18. The SMILES string of the molecule is Cc1cc(C#N)ccc1/C(C=N)=C1\CC(CN(C)C)CN1. The zero-order valence-electron chi connectivity index (χ0n) is 12.9. The van der Waals surface area contributed by atoms with Crippen molar-refractivity contribution in [1.29, 1.82) is 10.7 Å². The second-order valence-electron chi connectivity index (χ2n) is 5.89. The van der Waals surface area contributed by atoms with E-state index in [0.29, 0.717) is 11.5 Å². The van der Waals surface area contributed by atoms with Gasteiger partial charge in [0.2, 0.25) is 0 Å². The van der Waals surface area contributed by atoms with Gasteiger partial charge < -0.3 is 15.6 Å². The molecular formula is C17H22N4. The second-order valence-corrected chi connectivity index (χ2v) is 5.89. The van der Waals surface area contributed by atoms with Crippen LogP contribution in [0.15, 0.2) is 23.9 Å². The van der Waals surface area contributed by atoms with Crippen LogP contribution < -0.4 is 5.32 Å². The van der Waals surface area contributed by atoms with Gasteiger partial charge in [-0.3, -0.25) is 0 Å². The summed E-state index contributed by atoms with van der Waals surface area (Å²) >= 11 is 0. The van der Waals surface area contributed by atoms with Crippen molar-refractivity contribution in [2.45, 2.75) is 13.3 Å². The first-order chi connectivity index (χ1) is 10.0. The van der Waals surface area contributed by atoms with Crippen LogP contribution in [0.1, 0.15) is 23.1 Å². The summed E-state index contributed by atoms with van der Waals surface area (Å²) in [6.45, 7) is 4.00. The maximum absolute atomic E-state index is 8.96. The summed E-state index contributed by atoms with van der Waals surface area (Å²) < 4.78 is 0. The number of nitrogens with zero attached hydrogens (tertiary/aromatic N) is 2. The van der Waals surface area contributed by atoms with Crippen LogP contribution in [0.25, 0.3) is 5.57 Å². The van der Waals surface area contributed by atoms with Crippen molar-refractivity contribution in [3.05, 3.63) is 40.6 Å². The van der Waals surface area contributed by atoms with Crippen LogP contribution in [-0.4, -0.2) is 38.3 Å². The highest BCUT2D eigenvalue weighted by Crippen LogP contribution is 2.27. The number of hydrogen-bond acceptors (Lipinski definition) is 4. The van der Waals surface area contributed by atoms with Gasteiger partial charge in [-0.1, -0.05) is 6.07 Å². The molecular weight excluding hydrogens is 260 g/mol. The Bertz CT molecular complexity index is 608. The molecule has 1 unspecified atom stereocenters. The van der Waals surface area contributed by atoms with E-state index in [1.807, 2.05) is 25.1 Å². The van der Waals surface area contributed by atoms with Crippen molar-refractivity contribution in [2.75, 3.05) is 27.2 Å². The number of hydrogen-bond donors (Lipinski definition) is 2. The summed E-state index contributed by atoms with van der Waals surface area (Å²) in [5.74, 6) is 0.587. The van der Waals surface area contributed by atoms with Crippen LogP contribution in [0, 0.1) is 29.6 Å². The molecule has 0 saturated carbocycles. The Balaban J connectivity index is 2.30. The summed E-state index contributed by atoms with van der Waals surface area (Å²) in [6, 6.07) is 7.80. The molecule has 21 heavy (non-hydrogen) atoms. The van der Waals surface area contributed by atoms with Gasteiger partial charge in [0.15, 0.2) is 0 Å². The third-order valence-electron chi connectivity index (χ3n) is 3.84. The molecule has 0 aromatic heterocycles. The molecule has 1 aliphatic rings. The van der Waals surface area contributed by atoms with Crippen LogP contribution in [0.4, 0.5) is 0 Å². The molecule has 0 radical (unpaired) electrons. The normalized spacial score (nSPS) is 20.0. The molecule has 1 fully saturated rings. The molecule has 1 aromatic rings. The van der Waals surface area contributed by atoms with Crippen LogP contribution in [0.5, 0.6) is 0 Å². The molecule has 1 aromatic carbocycles. The molecule has 1 saturated heterocycles. The van der Waals surface area contributed by atoms with Crippen LogP contribution in [0.2, 0.25) is 0 Å². The molecule has 2 N–H and O–H groups in total. The maximum atomic E-state index is 8.96. The molecule has 4 heteroatoms. The van der Waals surface area contributed by atoms with Gasteiger partial charge >= 0.3 is 0 Å². The Kier molecular flexibility index (Phi) is 4.77. The van der Waals surface area contributed by atoms with Gasteiger partial charge in [-0.15, -0.1) is 0 Å². The lowest BCUT2D eigenvalue weighted by atomic mass is 9.96. The average Bonchev–Trinajstić information content (AvgIpc) is 2.88. The fourth-order valence-electron chi connectivity index (χ4n) is 2.91. The Morgan fingerprint density at radius 2 is 2.29 bits per heavy atom. The highest BCUT2D eigenvalue weighted by atomic mass is 15.1. The number of benzene rings is 1. The third-order valence-corrected chi connectivity index (χ3v) is 3.84. The number of aryl methyl sites for hydroxylation is 1. The van der Waals surface area contributed by atoms with E-state index < -0.39 is 0 Å². The smallest absolute Gasteiger partial charge is 0.0991 e. The topological polar surface area (TPSA) is 62.9 Å². The Morgan fingerprint density at radius 1 is 1.52 bits per heavy atom. The quantitative estimate of drug-likeness (QED) is 0.834. The fraction of sp³-hybridized carbons (Fsp3) is 0.412. The molecule has 2 rings (SSSR count). The summed E-state index contributed by atoms with van der Waals surface area (Å²) in [4.78, 5) is 2.20. The molecule has 4 nitrogen and oxygen atoms in total. The first-order valence-corrected chi connectivity index (χ1v) is 7.18. The Morgan fingerprint density at radius 3 is 2.86 bits per heavy atom. The molecule has 110 valence electrons. The van der Waals surface area contributed by atoms with Gasteiger partial charge in [-0.05, 0) is 56.6 Å². The minimum absolute atomic E-state index is 0.587. The average molecular weight is 282 g/mol. The minimum atomic E-state index is 0.587. The van der Waals surface area contributed by atoms with E-state index in [1.165, 1.54) is 6.21 Å². The van der Waals surface area contributed by atoms with E-state index in [9.17, 15) is 0 Å². The monoisotopic (exact) mass is 282 g/mol. The number of allylic oxidation sites excluding steroid dienone is 2. The Hall–Kier alpha value is -2.12. The van der Waals surface area contributed by atoms with Crippen molar-refractivity contribution in [3.63, 3.8) is 0 Å².